The lowest BCUT2D eigenvalue weighted by atomic mass is 9.92. The molecule has 3 heteroatoms. The summed E-state index contributed by atoms with van der Waals surface area (Å²) < 4.78 is 5.54. The molecule has 0 unspecified atom stereocenters. The van der Waals surface area contributed by atoms with E-state index in [1.807, 2.05) is 0 Å². The lowest BCUT2D eigenvalue weighted by molar-refractivity contribution is 0.109. The number of hydrogen-bond donors (Lipinski definition) is 1. The van der Waals surface area contributed by atoms with Gasteiger partial charge in [-0.2, -0.15) is 0 Å². The molecule has 1 aliphatic rings. The highest BCUT2D eigenvalue weighted by Crippen LogP contribution is 2.18. The number of rotatable bonds is 5. The van der Waals surface area contributed by atoms with E-state index in [0.717, 1.165) is 26.1 Å². The van der Waals surface area contributed by atoms with Gasteiger partial charge in [-0.05, 0) is 32.9 Å². The minimum absolute atomic E-state index is 0.325. The van der Waals surface area contributed by atoms with Crippen LogP contribution in [0, 0.1) is 5.41 Å². The largest absolute Gasteiger partial charge is 0.377 e. The summed E-state index contributed by atoms with van der Waals surface area (Å²) in [5, 5.41) is 3.63. The molecule has 1 aliphatic heterocycles. The maximum atomic E-state index is 5.54. The Morgan fingerprint density at radius 3 is 2.53 bits per heavy atom. The van der Waals surface area contributed by atoms with E-state index < -0.39 is 0 Å². The Bertz CT molecular complexity index is 192. The molecular weight excluding hydrogens is 188 g/mol. The molecule has 1 fully saturated rings. The van der Waals surface area contributed by atoms with Crippen molar-refractivity contribution in [3.8, 4) is 0 Å². The molecule has 0 radical (unpaired) electrons. The minimum atomic E-state index is 0.325. The highest BCUT2D eigenvalue weighted by Gasteiger charge is 2.26. The van der Waals surface area contributed by atoms with Crippen molar-refractivity contribution in [2.75, 3.05) is 33.8 Å². The van der Waals surface area contributed by atoms with Crippen LogP contribution in [0.4, 0.5) is 0 Å². The van der Waals surface area contributed by atoms with E-state index in [1.54, 1.807) is 0 Å². The highest BCUT2D eigenvalue weighted by atomic mass is 16.5. The Morgan fingerprint density at radius 1 is 1.40 bits per heavy atom. The molecule has 0 aromatic heterocycles. The van der Waals surface area contributed by atoms with Crippen LogP contribution in [0.2, 0.25) is 0 Å². The summed E-state index contributed by atoms with van der Waals surface area (Å²) in [5.41, 5.74) is 0.325. The minimum Gasteiger partial charge on any atom is -0.377 e. The quantitative estimate of drug-likeness (QED) is 0.747. The van der Waals surface area contributed by atoms with Gasteiger partial charge in [0.25, 0.3) is 0 Å². The third-order valence-corrected chi connectivity index (χ3v) is 2.96. The summed E-state index contributed by atoms with van der Waals surface area (Å²) in [5.74, 6) is 0. The number of ether oxygens (including phenoxy) is 1. The van der Waals surface area contributed by atoms with Gasteiger partial charge >= 0.3 is 0 Å². The fourth-order valence-electron chi connectivity index (χ4n) is 2.32. The van der Waals surface area contributed by atoms with Crippen LogP contribution >= 0.6 is 0 Å². The predicted molar refractivity (Wildman–Crippen MR) is 64.2 cm³/mol. The summed E-state index contributed by atoms with van der Waals surface area (Å²) in [4.78, 5) is 2.25. The van der Waals surface area contributed by atoms with Gasteiger partial charge in [-0.25, -0.2) is 0 Å². The summed E-state index contributed by atoms with van der Waals surface area (Å²) >= 11 is 0. The van der Waals surface area contributed by atoms with Crippen molar-refractivity contribution in [2.45, 2.75) is 39.3 Å². The van der Waals surface area contributed by atoms with Crippen molar-refractivity contribution >= 4 is 0 Å². The van der Waals surface area contributed by atoms with Gasteiger partial charge in [0.1, 0.15) is 0 Å². The summed E-state index contributed by atoms with van der Waals surface area (Å²) in [7, 11) is 4.26. The first-order chi connectivity index (χ1) is 6.91. The average molecular weight is 214 g/mol. The zero-order valence-electron chi connectivity index (χ0n) is 10.8. The van der Waals surface area contributed by atoms with Crippen LogP contribution < -0.4 is 5.32 Å². The molecule has 2 atom stereocenters. The molecule has 0 amide bonds. The molecule has 1 saturated heterocycles. The van der Waals surface area contributed by atoms with E-state index in [1.165, 1.54) is 0 Å². The first-order valence-corrected chi connectivity index (χ1v) is 5.90. The number of nitrogens with one attached hydrogen (secondary N) is 1. The third kappa shape index (κ3) is 4.49. The molecule has 0 aliphatic carbocycles. The molecular formula is C12H26N2O. The molecule has 0 bridgehead atoms. The number of nitrogens with zero attached hydrogens (tertiary/aromatic N) is 1. The van der Waals surface area contributed by atoms with E-state index in [-0.39, 0.29) is 0 Å². The van der Waals surface area contributed by atoms with Crippen LogP contribution in [0.15, 0.2) is 0 Å². The van der Waals surface area contributed by atoms with E-state index in [2.05, 4.69) is 45.1 Å². The summed E-state index contributed by atoms with van der Waals surface area (Å²) in [6, 6.07) is 0.548. The second-order valence-electron chi connectivity index (χ2n) is 5.75. The topological polar surface area (TPSA) is 24.5 Å². The van der Waals surface area contributed by atoms with Crippen molar-refractivity contribution in [1.29, 1.82) is 0 Å². The van der Waals surface area contributed by atoms with Crippen molar-refractivity contribution in [2.24, 2.45) is 5.41 Å². The second kappa shape index (κ2) is 5.28. The zero-order valence-corrected chi connectivity index (χ0v) is 10.8. The maximum absolute atomic E-state index is 5.54. The predicted octanol–water partition coefficient (Wildman–Crippen LogP) is 1.34. The van der Waals surface area contributed by atoms with Crippen LogP contribution in [0.5, 0.6) is 0 Å². The van der Waals surface area contributed by atoms with Gasteiger partial charge in [0.15, 0.2) is 0 Å². The molecule has 15 heavy (non-hydrogen) atoms. The molecule has 1 N–H and O–H groups in total. The Kier molecular flexibility index (Phi) is 4.56. The molecule has 90 valence electrons. The van der Waals surface area contributed by atoms with E-state index in [0.29, 0.717) is 17.6 Å². The van der Waals surface area contributed by atoms with Crippen molar-refractivity contribution < 1.29 is 4.74 Å². The maximum Gasteiger partial charge on any atom is 0.0700 e. The second-order valence-corrected chi connectivity index (χ2v) is 5.75. The van der Waals surface area contributed by atoms with Gasteiger partial charge < -0.3 is 15.0 Å². The lowest BCUT2D eigenvalue weighted by Crippen LogP contribution is -2.43. The standard InChI is InChI=1S/C12H26N2O/c1-10-11(6-7-15-10)13-8-12(2,3)9-14(4)5/h10-11,13H,6-9H2,1-5H3/t10-,11-/m1/s1. The van der Waals surface area contributed by atoms with Crippen LogP contribution in [-0.2, 0) is 4.74 Å². The van der Waals surface area contributed by atoms with Crippen LogP contribution in [-0.4, -0.2) is 50.8 Å². The lowest BCUT2D eigenvalue weighted by Gasteiger charge is -2.30. The molecule has 3 nitrogen and oxygen atoms in total. The van der Waals surface area contributed by atoms with Crippen LogP contribution in [0.3, 0.4) is 0 Å². The Morgan fingerprint density at radius 2 is 2.07 bits per heavy atom. The molecule has 0 aromatic carbocycles. The molecule has 1 rings (SSSR count). The molecule has 0 spiro atoms. The van der Waals surface area contributed by atoms with Crippen LogP contribution in [0.25, 0.3) is 0 Å². The zero-order chi connectivity index (χ0) is 11.5. The third-order valence-electron chi connectivity index (χ3n) is 2.96. The van der Waals surface area contributed by atoms with E-state index in [4.69, 9.17) is 4.74 Å². The van der Waals surface area contributed by atoms with Gasteiger partial charge in [0.2, 0.25) is 0 Å². The van der Waals surface area contributed by atoms with E-state index in [9.17, 15) is 0 Å². The Labute approximate surface area is 94.2 Å². The van der Waals surface area contributed by atoms with Gasteiger partial charge in [-0.1, -0.05) is 13.8 Å². The number of hydrogen-bond acceptors (Lipinski definition) is 3. The first kappa shape index (κ1) is 12.9. The first-order valence-electron chi connectivity index (χ1n) is 5.90. The monoisotopic (exact) mass is 214 g/mol. The van der Waals surface area contributed by atoms with Gasteiger partial charge in [-0.15, -0.1) is 0 Å². The molecule has 0 aromatic rings. The smallest absolute Gasteiger partial charge is 0.0700 e. The highest BCUT2D eigenvalue weighted by molar-refractivity contribution is 4.83. The Hall–Kier alpha value is -0.120. The SMILES string of the molecule is C[C@H]1OCC[C@H]1NCC(C)(C)CN(C)C. The van der Waals surface area contributed by atoms with Gasteiger partial charge in [-0.3, -0.25) is 0 Å². The van der Waals surface area contributed by atoms with Crippen LogP contribution in [0.1, 0.15) is 27.2 Å². The van der Waals surface area contributed by atoms with Crippen molar-refractivity contribution in [3.63, 3.8) is 0 Å². The Balaban J connectivity index is 2.28. The summed E-state index contributed by atoms with van der Waals surface area (Å²) in [6.45, 7) is 9.85. The fourth-order valence-corrected chi connectivity index (χ4v) is 2.32. The van der Waals surface area contributed by atoms with Gasteiger partial charge in [0.05, 0.1) is 6.10 Å². The fraction of sp³-hybridized carbons (Fsp3) is 1.00. The van der Waals surface area contributed by atoms with Gasteiger partial charge in [0, 0.05) is 25.7 Å². The van der Waals surface area contributed by atoms with E-state index >= 15 is 0 Å². The average Bonchev–Trinajstić information content (AvgIpc) is 2.45. The molecule has 1 heterocycles. The van der Waals surface area contributed by atoms with Crippen molar-refractivity contribution in [3.05, 3.63) is 0 Å². The summed E-state index contributed by atoms with van der Waals surface area (Å²) in [6.07, 6.45) is 1.53. The normalized spacial score (nSPS) is 27.6. The molecule has 0 saturated carbocycles. The van der Waals surface area contributed by atoms with Crippen molar-refractivity contribution in [1.82, 2.24) is 10.2 Å².